The summed E-state index contributed by atoms with van der Waals surface area (Å²) in [5, 5.41) is 1.53. The van der Waals surface area contributed by atoms with Crippen LogP contribution in [0.1, 0.15) is 24.3 Å². The van der Waals surface area contributed by atoms with Gasteiger partial charge in [0.25, 0.3) is 0 Å². The number of allylic oxidation sites excluding steroid dienone is 8. The minimum atomic E-state index is 0.503. The Labute approximate surface area is 112 Å². The Bertz CT molecular complexity index is 543. The fourth-order valence-corrected chi connectivity index (χ4v) is 3.55. The summed E-state index contributed by atoms with van der Waals surface area (Å²) in [7, 11) is 1.12. The summed E-state index contributed by atoms with van der Waals surface area (Å²) in [6.45, 7) is 0. The van der Waals surface area contributed by atoms with E-state index >= 15 is 0 Å². The molecule has 0 amide bonds. The summed E-state index contributed by atoms with van der Waals surface area (Å²) in [5.74, 6) is 0.503. The van der Waals surface area contributed by atoms with Crippen molar-refractivity contribution < 1.29 is 0 Å². The Kier molecular flexibility index (Phi) is 3.16. The van der Waals surface area contributed by atoms with E-state index in [0.717, 1.165) is 23.1 Å². The van der Waals surface area contributed by atoms with Gasteiger partial charge in [0.05, 0.1) is 0 Å². The van der Waals surface area contributed by atoms with E-state index in [1.165, 1.54) is 10.8 Å². The molecular formula is C17H18Si. The van der Waals surface area contributed by atoms with E-state index in [1.54, 1.807) is 11.1 Å². The van der Waals surface area contributed by atoms with Crippen molar-refractivity contribution in [3.05, 3.63) is 77.4 Å². The molecule has 0 heterocycles. The van der Waals surface area contributed by atoms with Crippen molar-refractivity contribution in [2.24, 2.45) is 0 Å². The van der Waals surface area contributed by atoms with E-state index in [9.17, 15) is 0 Å². The molecule has 0 saturated heterocycles. The van der Waals surface area contributed by atoms with Crippen molar-refractivity contribution >= 4 is 15.4 Å². The van der Waals surface area contributed by atoms with Gasteiger partial charge in [-0.05, 0) is 18.4 Å². The van der Waals surface area contributed by atoms with Gasteiger partial charge in [-0.25, -0.2) is 0 Å². The second-order valence-corrected chi connectivity index (χ2v) is 6.11. The molecule has 0 aliphatic heterocycles. The molecular weight excluding hydrogens is 232 g/mol. The highest BCUT2D eigenvalue weighted by molar-refractivity contribution is 6.33. The van der Waals surface area contributed by atoms with Crippen LogP contribution in [0.5, 0.6) is 0 Å². The van der Waals surface area contributed by atoms with Crippen LogP contribution in [0.25, 0.3) is 0 Å². The van der Waals surface area contributed by atoms with Crippen LogP contribution in [0.2, 0.25) is 0 Å². The van der Waals surface area contributed by atoms with Crippen LogP contribution in [0, 0.1) is 0 Å². The van der Waals surface area contributed by atoms with Gasteiger partial charge in [-0.15, -0.1) is 0 Å². The van der Waals surface area contributed by atoms with Gasteiger partial charge in [0.1, 0.15) is 0 Å². The molecule has 0 spiro atoms. The van der Waals surface area contributed by atoms with E-state index in [1.807, 2.05) is 0 Å². The van der Waals surface area contributed by atoms with Crippen molar-refractivity contribution in [3.8, 4) is 0 Å². The maximum absolute atomic E-state index is 2.31. The molecule has 18 heavy (non-hydrogen) atoms. The SMILES string of the molecule is [SiH3]c1ccccc1C(C1=CC=CC1)C1=CC=CC1. The Hall–Kier alpha value is -1.60. The average molecular weight is 250 g/mol. The third kappa shape index (κ3) is 2.06. The maximum Gasteiger partial charge on any atom is 0.0389 e. The van der Waals surface area contributed by atoms with E-state index in [4.69, 9.17) is 0 Å². The van der Waals surface area contributed by atoms with Crippen LogP contribution in [0.4, 0.5) is 0 Å². The first kappa shape index (κ1) is 11.5. The normalized spacial score (nSPS) is 17.6. The van der Waals surface area contributed by atoms with Crippen LogP contribution in [-0.4, -0.2) is 10.2 Å². The zero-order valence-electron chi connectivity index (χ0n) is 10.8. The highest BCUT2D eigenvalue weighted by Crippen LogP contribution is 2.38. The smallest absolute Gasteiger partial charge is 0.0389 e. The van der Waals surface area contributed by atoms with Crippen LogP contribution in [0.15, 0.2) is 71.9 Å². The fraction of sp³-hybridized carbons (Fsp3) is 0.176. The summed E-state index contributed by atoms with van der Waals surface area (Å²) in [6.07, 6.45) is 15.7. The summed E-state index contributed by atoms with van der Waals surface area (Å²) >= 11 is 0. The Morgan fingerprint density at radius 1 is 0.889 bits per heavy atom. The first-order valence-electron chi connectivity index (χ1n) is 6.63. The van der Waals surface area contributed by atoms with E-state index < -0.39 is 0 Å². The minimum Gasteiger partial charge on any atom is -0.0804 e. The molecule has 2 aliphatic carbocycles. The Balaban J connectivity index is 2.03. The van der Waals surface area contributed by atoms with Crippen LogP contribution >= 0.6 is 0 Å². The lowest BCUT2D eigenvalue weighted by Crippen LogP contribution is -2.16. The zero-order chi connectivity index (χ0) is 12.4. The average Bonchev–Trinajstić information content (AvgIpc) is 3.05. The van der Waals surface area contributed by atoms with Gasteiger partial charge < -0.3 is 0 Å². The van der Waals surface area contributed by atoms with Crippen molar-refractivity contribution in [1.82, 2.24) is 0 Å². The standard InChI is InChI=1S/C17H18Si/c18-16-12-6-5-11-15(16)17(13-7-1-2-8-13)14-9-3-4-10-14/h1-7,9,11-12,17H,8,10H2,18H3. The summed E-state index contributed by atoms with van der Waals surface area (Å²) in [4.78, 5) is 0. The van der Waals surface area contributed by atoms with Gasteiger partial charge in [-0.3, -0.25) is 0 Å². The van der Waals surface area contributed by atoms with Gasteiger partial charge in [-0.1, -0.05) is 77.1 Å². The summed E-state index contributed by atoms with van der Waals surface area (Å²) in [6, 6.07) is 8.92. The molecule has 90 valence electrons. The van der Waals surface area contributed by atoms with Gasteiger partial charge in [0.15, 0.2) is 0 Å². The molecule has 0 fully saturated rings. The topological polar surface area (TPSA) is 0 Å². The molecule has 0 unspecified atom stereocenters. The first-order valence-corrected chi connectivity index (χ1v) is 7.63. The number of hydrogen-bond acceptors (Lipinski definition) is 0. The molecule has 0 aromatic heterocycles. The van der Waals surface area contributed by atoms with Crippen molar-refractivity contribution in [1.29, 1.82) is 0 Å². The number of hydrogen-bond donors (Lipinski definition) is 0. The highest BCUT2D eigenvalue weighted by Gasteiger charge is 2.22. The highest BCUT2D eigenvalue weighted by atomic mass is 28.1. The molecule has 0 saturated carbocycles. The lowest BCUT2D eigenvalue weighted by Gasteiger charge is -2.22. The largest absolute Gasteiger partial charge is 0.0804 e. The Morgan fingerprint density at radius 2 is 1.50 bits per heavy atom. The monoisotopic (exact) mass is 250 g/mol. The zero-order valence-corrected chi connectivity index (χ0v) is 12.8. The molecule has 2 aliphatic rings. The van der Waals surface area contributed by atoms with Gasteiger partial charge in [-0.2, -0.15) is 0 Å². The van der Waals surface area contributed by atoms with Gasteiger partial charge in [0.2, 0.25) is 0 Å². The van der Waals surface area contributed by atoms with Crippen molar-refractivity contribution in [2.45, 2.75) is 18.8 Å². The van der Waals surface area contributed by atoms with Crippen molar-refractivity contribution in [2.75, 3.05) is 0 Å². The Morgan fingerprint density at radius 3 is 2.00 bits per heavy atom. The molecule has 0 radical (unpaired) electrons. The third-order valence-corrected chi connectivity index (χ3v) is 4.75. The minimum absolute atomic E-state index is 0.503. The fourth-order valence-electron chi connectivity index (χ4n) is 2.90. The maximum atomic E-state index is 2.31. The molecule has 0 nitrogen and oxygen atoms in total. The number of rotatable bonds is 3. The van der Waals surface area contributed by atoms with Crippen LogP contribution in [-0.2, 0) is 0 Å². The lowest BCUT2D eigenvalue weighted by atomic mass is 9.83. The van der Waals surface area contributed by atoms with Crippen LogP contribution < -0.4 is 5.19 Å². The number of benzene rings is 1. The summed E-state index contributed by atoms with van der Waals surface area (Å²) in [5.41, 5.74) is 4.62. The van der Waals surface area contributed by atoms with E-state index in [-0.39, 0.29) is 0 Å². The van der Waals surface area contributed by atoms with Gasteiger partial charge in [0, 0.05) is 16.2 Å². The molecule has 0 bridgehead atoms. The lowest BCUT2D eigenvalue weighted by molar-refractivity contribution is 0.879. The second-order valence-electron chi connectivity index (χ2n) is 5.04. The predicted octanol–water partition coefficient (Wildman–Crippen LogP) is 2.53. The molecule has 0 N–H and O–H groups in total. The molecule has 3 rings (SSSR count). The van der Waals surface area contributed by atoms with Crippen molar-refractivity contribution in [3.63, 3.8) is 0 Å². The molecule has 1 heteroatoms. The van der Waals surface area contributed by atoms with E-state index in [2.05, 4.69) is 60.7 Å². The first-order chi connectivity index (χ1) is 8.86. The molecule has 1 aromatic rings. The quantitative estimate of drug-likeness (QED) is 0.723. The van der Waals surface area contributed by atoms with Crippen LogP contribution in [0.3, 0.4) is 0 Å². The van der Waals surface area contributed by atoms with E-state index in [0.29, 0.717) is 5.92 Å². The second kappa shape index (κ2) is 4.95. The third-order valence-electron chi connectivity index (χ3n) is 3.84. The van der Waals surface area contributed by atoms with Gasteiger partial charge >= 0.3 is 0 Å². The summed E-state index contributed by atoms with van der Waals surface area (Å²) < 4.78 is 0. The molecule has 0 atom stereocenters. The predicted molar refractivity (Wildman–Crippen MR) is 82.4 cm³/mol. The molecule has 1 aromatic carbocycles.